The SMILES string of the molecule is CC[C@@H](C(=O)OC(C)C)n1cnc2sc(C(=O)Nc3ccccc3OC)c(C)c2c1=O. The lowest BCUT2D eigenvalue weighted by molar-refractivity contribution is -0.151. The number of benzene rings is 1. The molecule has 1 amide bonds. The van der Waals surface area contributed by atoms with Crippen LogP contribution in [-0.4, -0.2) is 34.6 Å². The van der Waals surface area contributed by atoms with Gasteiger partial charge in [-0.25, -0.2) is 9.78 Å². The number of carbonyl (C=O) groups is 2. The highest BCUT2D eigenvalue weighted by atomic mass is 32.1. The molecule has 0 aliphatic carbocycles. The number of methoxy groups -OCH3 is 1. The van der Waals surface area contributed by atoms with Crippen LogP contribution in [-0.2, 0) is 9.53 Å². The third-order valence-corrected chi connectivity index (χ3v) is 5.98. The fourth-order valence-corrected chi connectivity index (χ4v) is 4.33. The molecule has 0 saturated carbocycles. The van der Waals surface area contributed by atoms with Gasteiger partial charge in [-0.05, 0) is 44.9 Å². The average molecular weight is 444 g/mol. The van der Waals surface area contributed by atoms with Crippen molar-refractivity contribution in [3.63, 3.8) is 0 Å². The molecule has 164 valence electrons. The van der Waals surface area contributed by atoms with E-state index in [2.05, 4.69) is 10.3 Å². The second-order valence-corrected chi connectivity index (χ2v) is 8.26. The maximum atomic E-state index is 13.2. The number of hydrogen-bond acceptors (Lipinski definition) is 7. The topological polar surface area (TPSA) is 99.5 Å². The van der Waals surface area contributed by atoms with Crippen molar-refractivity contribution in [3.05, 3.63) is 51.4 Å². The highest BCUT2D eigenvalue weighted by Crippen LogP contribution is 2.30. The first-order valence-electron chi connectivity index (χ1n) is 9.93. The number of ether oxygens (including phenoxy) is 2. The molecule has 3 rings (SSSR count). The van der Waals surface area contributed by atoms with E-state index in [9.17, 15) is 14.4 Å². The largest absolute Gasteiger partial charge is 0.495 e. The Morgan fingerprint density at radius 1 is 1.26 bits per heavy atom. The van der Waals surface area contributed by atoms with Crippen LogP contribution in [0.4, 0.5) is 5.69 Å². The van der Waals surface area contributed by atoms with Crippen molar-refractivity contribution in [2.75, 3.05) is 12.4 Å². The van der Waals surface area contributed by atoms with Gasteiger partial charge in [0.15, 0.2) is 0 Å². The van der Waals surface area contributed by atoms with E-state index >= 15 is 0 Å². The molecule has 0 aliphatic heterocycles. The number of amides is 1. The molecule has 0 radical (unpaired) electrons. The Morgan fingerprint density at radius 3 is 2.61 bits per heavy atom. The van der Waals surface area contributed by atoms with Crippen LogP contribution in [0.2, 0.25) is 0 Å². The number of aromatic nitrogens is 2. The summed E-state index contributed by atoms with van der Waals surface area (Å²) in [5.41, 5.74) is 0.675. The summed E-state index contributed by atoms with van der Waals surface area (Å²) in [4.78, 5) is 43.7. The molecule has 0 bridgehead atoms. The second-order valence-electron chi connectivity index (χ2n) is 7.26. The van der Waals surface area contributed by atoms with Gasteiger partial charge in [0.25, 0.3) is 11.5 Å². The third-order valence-electron chi connectivity index (χ3n) is 4.78. The zero-order valence-corrected chi connectivity index (χ0v) is 18.9. The molecule has 0 unspecified atom stereocenters. The quantitative estimate of drug-likeness (QED) is 0.556. The van der Waals surface area contributed by atoms with E-state index in [1.165, 1.54) is 18.0 Å². The van der Waals surface area contributed by atoms with Gasteiger partial charge in [-0.2, -0.15) is 0 Å². The number of para-hydroxylation sites is 2. The van der Waals surface area contributed by atoms with E-state index < -0.39 is 12.0 Å². The van der Waals surface area contributed by atoms with Crippen molar-refractivity contribution in [2.24, 2.45) is 0 Å². The molecule has 31 heavy (non-hydrogen) atoms. The third kappa shape index (κ3) is 4.46. The number of nitrogens with one attached hydrogen (secondary N) is 1. The van der Waals surface area contributed by atoms with Gasteiger partial charge in [0.1, 0.15) is 16.6 Å². The van der Waals surface area contributed by atoms with Crippen molar-refractivity contribution in [3.8, 4) is 5.75 Å². The zero-order chi connectivity index (χ0) is 22.7. The molecular weight excluding hydrogens is 418 g/mol. The number of nitrogens with zero attached hydrogens (tertiary/aromatic N) is 2. The predicted octanol–water partition coefficient (Wildman–Crippen LogP) is 3.93. The van der Waals surface area contributed by atoms with Crippen LogP contribution in [0, 0.1) is 6.92 Å². The van der Waals surface area contributed by atoms with Gasteiger partial charge < -0.3 is 14.8 Å². The lowest BCUT2D eigenvalue weighted by Crippen LogP contribution is -2.32. The Hall–Kier alpha value is -3.20. The highest BCUT2D eigenvalue weighted by Gasteiger charge is 2.26. The molecule has 0 saturated heterocycles. The Labute approximate surface area is 183 Å². The predicted molar refractivity (Wildman–Crippen MR) is 120 cm³/mol. The van der Waals surface area contributed by atoms with Crippen LogP contribution in [0.3, 0.4) is 0 Å². The van der Waals surface area contributed by atoms with E-state index in [4.69, 9.17) is 9.47 Å². The van der Waals surface area contributed by atoms with Crippen LogP contribution in [0.5, 0.6) is 5.75 Å². The number of carbonyl (C=O) groups excluding carboxylic acids is 2. The summed E-state index contributed by atoms with van der Waals surface area (Å²) in [5, 5.41) is 3.15. The number of aryl methyl sites for hydroxylation is 1. The molecule has 1 atom stereocenters. The Kier molecular flexibility index (Phi) is 6.74. The van der Waals surface area contributed by atoms with E-state index in [0.717, 1.165) is 11.3 Å². The van der Waals surface area contributed by atoms with Gasteiger partial charge in [-0.1, -0.05) is 19.1 Å². The summed E-state index contributed by atoms with van der Waals surface area (Å²) in [6, 6.07) is 6.29. The maximum Gasteiger partial charge on any atom is 0.329 e. The minimum Gasteiger partial charge on any atom is -0.495 e. The van der Waals surface area contributed by atoms with E-state index in [1.807, 2.05) is 0 Å². The summed E-state index contributed by atoms with van der Waals surface area (Å²) < 4.78 is 11.8. The van der Waals surface area contributed by atoms with Gasteiger partial charge in [0.05, 0.1) is 35.5 Å². The molecule has 0 spiro atoms. The molecular formula is C22H25N3O5S. The number of esters is 1. The van der Waals surface area contributed by atoms with Gasteiger partial charge >= 0.3 is 5.97 Å². The van der Waals surface area contributed by atoms with Crippen molar-refractivity contribution in [2.45, 2.75) is 46.3 Å². The van der Waals surface area contributed by atoms with Crippen molar-refractivity contribution < 1.29 is 19.1 Å². The Bertz CT molecular complexity index is 1180. The lowest BCUT2D eigenvalue weighted by atomic mass is 10.1. The number of anilines is 1. The number of rotatable bonds is 7. The first-order valence-corrected chi connectivity index (χ1v) is 10.7. The molecule has 0 aliphatic rings. The Morgan fingerprint density at radius 2 is 1.97 bits per heavy atom. The molecule has 8 nitrogen and oxygen atoms in total. The van der Waals surface area contributed by atoms with E-state index in [-0.39, 0.29) is 17.6 Å². The lowest BCUT2D eigenvalue weighted by Gasteiger charge is -2.18. The molecule has 9 heteroatoms. The van der Waals surface area contributed by atoms with Gasteiger partial charge in [-0.3, -0.25) is 14.2 Å². The molecule has 2 aromatic heterocycles. The van der Waals surface area contributed by atoms with Crippen LogP contribution in [0.1, 0.15) is 48.5 Å². The summed E-state index contributed by atoms with van der Waals surface area (Å²) in [6.07, 6.45) is 1.43. The first-order chi connectivity index (χ1) is 14.8. The van der Waals surface area contributed by atoms with Gasteiger partial charge in [-0.15, -0.1) is 11.3 Å². The number of hydrogen-bond donors (Lipinski definition) is 1. The highest BCUT2D eigenvalue weighted by molar-refractivity contribution is 7.20. The molecule has 3 aromatic rings. The molecule has 0 fully saturated rings. The summed E-state index contributed by atoms with van der Waals surface area (Å²) >= 11 is 1.13. The maximum absolute atomic E-state index is 13.2. The Balaban J connectivity index is 2.01. The molecule has 1 aromatic carbocycles. The van der Waals surface area contributed by atoms with Crippen LogP contribution in [0.25, 0.3) is 10.2 Å². The zero-order valence-electron chi connectivity index (χ0n) is 18.1. The van der Waals surface area contributed by atoms with Crippen LogP contribution >= 0.6 is 11.3 Å². The normalized spacial score (nSPS) is 12.1. The fraction of sp³-hybridized carbons (Fsp3) is 0.364. The minimum atomic E-state index is -0.781. The first kappa shape index (κ1) is 22.5. The smallest absolute Gasteiger partial charge is 0.329 e. The van der Waals surface area contributed by atoms with Gasteiger partial charge in [0.2, 0.25) is 0 Å². The fourth-order valence-electron chi connectivity index (χ4n) is 3.29. The van der Waals surface area contributed by atoms with Crippen molar-refractivity contribution in [1.82, 2.24) is 9.55 Å². The average Bonchev–Trinajstić information content (AvgIpc) is 3.07. The summed E-state index contributed by atoms with van der Waals surface area (Å²) in [5.74, 6) is -0.311. The standard InChI is InChI=1S/C22H25N3O5S/c1-6-15(22(28)30-12(2)3)25-11-23-20-17(21(25)27)13(4)18(31-20)19(26)24-14-9-7-8-10-16(14)29-5/h7-12,15H,6H2,1-5H3,(H,24,26)/t15-/m0/s1. The van der Waals surface area contributed by atoms with Crippen molar-refractivity contribution >= 4 is 39.1 Å². The number of fused-ring (bicyclic) bond motifs is 1. The minimum absolute atomic E-state index is 0.290. The second kappa shape index (κ2) is 9.30. The molecule has 1 N–H and O–H groups in total. The van der Waals surface area contributed by atoms with E-state index in [0.29, 0.717) is 38.5 Å². The van der Waals surface area contributed by atoms with Crippen molar-refractivity contribution in [1.29, 1.82) is 0 Å². The number of thiophene rings is 1. The van der Waals surface area contributed by atoms with Crippen LogP contribution < -0.4 is 15.6 Å². The monoisotopic (exact) mass is 443 g/mol. The van der Waals surface area contributed by atoms with Gasteiger partial charge in [0, 0.05) is 0 Å². The summed E-state index contributed by atoms with van der Waals surface area (Å²) in [6.45, 7) is 7.02. The molecule has 2 heterocycles. The van der Waals surface area contributed by atoms with E-state index in [1.54, 1.807) is 52.0 Å². The van der Waals surface area contributed by atoms with Crippen LogP contribution in [0.15, 0.2) is 35.4 Å². The summed E-state index contributed by atoms with van der Waals surface area (Å²) in [7, 11) is 1.52.